The summed E-state index contributed by atoms with van der Waals surface area (Å²) in [5.74, 6) is 0.830. The zero-order valence-electron chi connectivity index (χ0n) is 11.3. The number of aromatic nitrogens is 1. The number of aliphatic hydroxyl groups excluding tert-OH is 1. The minimum absolute atomic E-state index is 0.139. The number of pyridine rings is 1. The molecule has 0 aliphatic carbocycles. The maximum absolute atomic E-state index is 9.63. The number of piperidine rings is 1. The third-order valence-electron chi connectivity index (χ3n) is 4.26. The third-order valence-corrected chi connectivity index (χ3v) is 4.75. The van der Waals surface area contributed by atoms with Crippen molar-refractivity contribution in [2.45, 2.75) is 31.4 Å². The first-order valence-corrected chi connectivity index (χ1v) is 7.87. The molecular weight excluding hydrogens is 297 g/mol. The Hall–Kier alpha value is -0.550. The summed E-state index contributed by atoms with van der Waals surface area (Å²) in [5.41, 5.74) is 0. The van der Waals surface area contributed by atoms with E-state index in [1.165, 1.54) is 0 Å². The van der Waals surface area contributed by atoms with Crippen molar-refractivity contribution in [2.24, 2.45) is 0 Å². The molecule has 110 valence electrons. The summed E-state index contributed by atoms with van der Waals surface area (Å²) in [5, 5.41) is 10.8. The normalized spacial score (nSPS) is 25.4. The zero-order valence-corrected chi connectivity index (χ0v) is 12.8. The summed E-state index contributed by atoms with van der Waals surface area (Å²) in [6, 6.07) is 2.32. The molecule has 2 aliphatic rings. The van der Waals surface area contributed by atoms with E-state index in [9.17, 15) is 5.11 Å². The van der Waals surface area contributed by atoms with Crippen LogP contribution in [0.15, 0.2) is 12.3 Å². The molecule has 1 N–H and O–H groups in total. The van der Waals surface area contributed by atoms with Gasteiger partial charge in [0, 0.05) is 38.4 Å². The van der Waals surface area contributed by atoms with Crippen LogP contribution in [-0.4, -0.2) is 53.3 Å². The van der Waals surface area contributed by atoms with Crippen molar-refractivity contribution >= 4 is 29.0 Å². The number of hydrogen-bond donors (Lipinski definition) is 1. The van der Waals surface area contributed by atoms with Gasteiger partial charge in [0.15, 0.2) is 0 Å². The Bertz CT molecular complexity index is 477. The second-order valence-electron chi connectivity index (χ2n) is 5.61. The minimum Gasteiger partial charge on any atom is -0.392 e. The standard InChI is InChI=1S/C14H19Cl2N3O/c15-10-7-13(16)14(17-8-10)18-4-1-11(2-5-18)19-6-3-12(20)9-19/h7-8,11-12,20H,1-6,9H2. The number of nitrogens with zero attached hydrogens (tertiary/aromatic N) is 3. The van der Waals surface area contributed by atoms with Gasteiger partial charge in [0.25, 0.3) is 0 Å². The van der Waals surface area contributed by atoms with Crippen LogP contribution in [0, 0.1) is 0 Å². The molecule has 20 heavy (non-hydrogen) atoms. The van der Waals surface area contributed by atoms with Crippen LogP contribution in [-0.2, 0) is 0 Å². The Balaban J connectivity index is 1.61. The molecule has 1 atom stereocenters. The van der Waals surface area contributed by atoms with Gasteiger partial charge in [-0.1, -0.05) is 23.2 Å². The Morgan fingerprint density at radius 1 is 1.15 bits per heavy atom. The fraction of sp³-hybridized carbons (Fsp3) is 0.643. The number of aliphatic hydroxyl groups is 1. The highest BCUT2D eigenvalue weighted by atomic mass is 35.5. The summed E-state index contributed by atoms with van der Waals surface area (Å²) in [6.45, 7) is 3.74. The van der Waals surface area contributed by atoms with Crippen molar-refractivity contribution in [3.63, 3.8) is 0 Å². The van der Waals surface area contributed by atoms with E-state index < -0.39 is 0 Å². The maximum Gasteiger partial charge on any atom is 0.147 e. The molecule has 0 bridgehead atoms. The average Bonchev–Trinajstić information content (AvgIpc) is 2.86. The van der Waals surface area contributed by atoms with Crippen LogP contribution in [0.25, 0.3) is 0 Å². The second-order valence-corrected chi connectivity index (χ2v) is 6.46. The number of likely N-dealkylation sites (tertiary alicyclic amines) is 1. The van der Waals surface area contributed by atoms with E-state index in [2.05, 4.69) is 14.8 Å². The molecule has 3 rings (SSSR count). The van der Waals surface area contributed by atoms with E-state index in [4.69, 9.17) is 23.2 Å². The Morgan fingerprint density at radius 3 is 2.50 bits per heavy atom. The highest BCUT2D eigenvalue weighted by Crippen LogP contribution is 2.29. The maximum atomic E-state index is 9.63. The van der Waals surface area contributed by atoms with Crippen molar-refractivity contribution in [2.75, 3.05) is 31.1 Å². The van der Waals surface area contributed by atoms with E-state index in [0.717, 1.165) is 51.3 Å². The smallest absolute Gasteiger partial charge is 0.147 e. The number of halogens is 2. The first-order chi connectivity index (χ1) is 9.63. The predicted molar refractivity (Wildman–Crippen MR) is 81.7 cm³/mol. The van der Waals surface area contributed by atoms with E-state index in [1.54, 1.807) is 12.3 Å². The first-order valence-electron chi connectivity index (χ1n) is 7.11. The van der Waals surface area contributed by atoms with Crippen molar-refractivity contribution in [3.05, 3.63) is 22.3 Å². The molecule has 3 heterocycles. The molecule has 6 heteroatoms. The van der Waals surface area contributed by atoms with Gasteiger partial charge in [-0.3, -0.25) is 4.90 Å². The lowest BCUT2D eigenvalue weighted by Gasteiger charge is -2.37. The van der Waals surface area contributed by atoms with Crippen LogP contribution in [0.5, 0.6) is 0 Å². The Kier molecular flexibility index (Phi) is 4.36. The van der Waals surface area contributed by atoms with E-state index >= 15 is 0 Å². The summed E-state index contributed by atoms with van der Waals surface area (Å²) < 4.78 is 0. The van der Waals surface area contributed by atoms with Crippen molar-refractivity contribution in [3.8, 4) is 0 Å². The molecular formula is C14H19Cl2N3O. The summed E-state index contributed by atoms with van der Waals surface area (Å²) in [4.78, 5) is 8.98. The van der Waals surface area contributed by atoms with E-state index in [-0.39, 0.29) is 6.10 Å². The largest absolute Gasteiger partial charge is 0.392 e. The van der Waals surface area contributed by atoms with Gasteiger partial charge in [-0.2, -0.15) is 0 Å². The second kappa shape index (κ2) is 6.06. The van der Waals surface area contributed by atoms with Crippen LogP contribution in [0.3, 0.4) is 0 Å². The molecule has 0 spiro atoms. The fourth-order valence-corrected chi connectivity index (χ4v) is 3.68. The van der Waals surface area contributed by atoms with Crippen LogP contribution >= 0.6 is 23.2 Å². The number of hydrogen-bond acceptors (Lipinski definition) is 4. The third kappa shape index (κ3) is 3.03. The SMILES string of the molecule is OC1CCN(C2CCN(c3ncc(Cl)cc3Cl)CC2)C1. The van der Waals surface area contributed by atoms with Crippen LogP contribution in [0.2, 0.25) is 10.0 Å². The van der Waals surface area contributed by atoms with Crippen LogP contribution in [0.4, 0.5) is 5.82 Å². The lowest BCUT2D eigenvalue weighted by Crippen LogP contribution is -2.44. The molecule has 1 unspecified atom stereocenters. The lowest BCUT2D eigenvalue weighted by molar-refractivity contribution is 0.148. The van der Waals surface area contributed by atoms with Gasteiger partial charge in [0.2, 0.25) is 0 Å². The Labute approximate surface area is 129 Å². The molecule has 4 nitrogen and oxygen atoms in total. The zero-order chi connectivity index (χ0) is 14.1. The molecule has 0 amide bonds. The lowest BCUT2D eigenvalue weighted by atomic mass is 10.0. The molecule has 0 aromatic carbocycles. The predicted octanol–water partition coefficient (Wildman–Crippen LogP) is 2.42. The highest BCUT2D eigenvalue weighted by Gasteiger charge is 2.30. The summed E-state index contributed by atoms with van der Waals surface area (Å²) in [6.07, 6.45) is 4.59. The number of rotatable bonds is 2. The van der Waals surface area contributed by atoms with Gasteiger partial charge in [-0.05, 0) is 25.3 Å². The Morgan fingerprint density at radius 2 is 1.90 bits per heavy atom. The molecule has 1 aromatic rings. The highest BCUT2D eigenvalue weighted by molar-refractivity contribution is 6.36. The molecule has 2 fully saturated rings. The van der Waals surface area contributed by atoms with Gasteiger partial charge in [-0.25, -0.2) is 4.98 Å². The van der Waals surface area contributed by atoms with Crippen molar-refractivity contribution in [1.29, 1.82) is 0 Å². The van der Waals surface area contributed by atoms with Crippen molar-refractivity contribution in [1.82, 2.24) is 9.88 Å². The topological polar surface area (TPSA) is 39.6 Å². The number of β-amino-alcohol motifs (C(OH)–C–C–N with tert-alkyl or cyclic N) is 1. The van der Waals surface area contributed by atoms with E-state index in [0.29, 0.717) is 16.1 Å². The van der Waals surface area contributed by atoms with Gasteiger partial charge < -0.3 is 10.0 Å². The van der Waals surface area contributed by atoms with Crippen molar-refractivity contribution < 1.29 is 5.11 Å². The molecule has 2 aliphatic heterocycles. The summed E-state index contributed by atoms with van der Waals surface area (Å²) in [7, 11) is 0. The van der Waals surface area contributed by atoms with Gasteiger partial charge in [-0.15, -0.1) is 0 Å². The molecule has 0 saturated carbocycles. The average molecular weight is 316 g/mol. The first kappa shape index (κ1) is 14.4. The summed E-state index contributed by atoms with van der Waals surface area (Å²) >= 11 is 12.1. The quantitative estimate of drug-likeness (QED) is 0.910. The fourth-order valence-electron chi connectivity index (χ4n) is 3.18. The molecule has 1 aromatic heterocycles. The van der Waals surface area contributed by atoms with Gasteiger partial charge in [0.1, 0.15) is 5.82 Å². The molecule has 2 saturated heterocycles. The van der Waals surface area contributed by atoms with Gasteiger partial charge >= 0.3 is 0 Å². The number of anilines is 1. The monoisotopic (exact) mass is 315 g/mol. The van der Waals surface area contributed by atoms with Crippen LogP contribution < -0.4 is 4.90 Å². The molecule has 0 radical (unpaired) electrons. The minimum atomic E-state index is -0.139. The van der Waals surface area contributed by atoms with Crippen LogP contribution in [0.1, 0.15) is 19.3 Å². The van der Waals surface area contributed by atoms with Gasteiger partial charge in [0.05, 0.1) is 16.1 Å². The van der Waals surface area contributed by atoms with E-state index in [1.807, 2.05) is 0 Å².